The van der Waals surface area contributed by atoms with E-state index in [1.165, 1.54) is 0 Å². The molecule has 2 rings (SSSR count). The van der Waals surface area contributed by atoms with Gasteiger partial charge in [0.15, 0.2) is 0 Å². The zero-order chi connectivity index (χ0) is 9.42. The molecular formula is C9H8Cl2OS. The van der Waals surface area contributed by atoms with Crippen LogP contribution in [0.15, 0.2) is 23.1 Å². The van der Waals surface area contributed by atoms with Crippen molar-refractivity contribution in [2.24, 2.45) is 0 Å². The minimum atomic E-state index is -1.01. The Bertz CT molecular complexity index is 340. The van der Waals surface area contributed by atoms with Crippen molar-refractivity contribution in [2.45, 2.75) is 23.0 Å². The maximum atomic E-state index is 11.8. The summed E-state index contributed by atoms with van der Waals surface area (Å²) in [6, 6.07) is 5.21. The molecule has 1 aliphatic rings. The minimum absolute atomic E-state index is 0.275. The molecule has 0 N–H and O–H groups in total. The Hall–Kier alpha value is -0.0500. The van der Waals surface area contributed by atoms with E-state index in [1.54, 1.807) is 18.2 Å². The summed E-state index contributed by atoms with van der Waals surface area (Å²) in [5, 5.41) is 1.30. The Labute approximate surface area is 89.5 Å². The third kappa shape index (κ3) is 1.90. The normalized spacial score (nSPS) is 18.6. The number of halogens is 2. The molecule has 0 amide bonds. The maximum Gasteiger partial charge on any atom is 0.0763 e. The van der Waals surface area contributed by atoms with Crippen molar-refractivity contribution in [3.05, 3.63) is 28.2 Å². The van der Waals surface area contributed by atoms with Gasteiger partial charge in [0.25, 0.3) is 0 Å². The summed E-state index contributed by atoms with van der Waals surface area (Å²) in [4.78, 5) is 0.605. The lowest BCUT2D eigenvalue weighted by molar-refractivity contribution is 0.682. The van der Waals surface area contributed by atoms with E-state index in [2.05, 4.69) is 0 Å². The predicted molar refractivity (Wildman–Crippen MR) is 55.9 cm³/mol. The van der Waals surface area contributed by atoms with E-state index in [4.69, 9.17) is 23.2 Å². The van der Waals surface area contributed by atoms with Crippen LogP contribution < -0.4 is 0 Å². The van der Waals surface area contributed by atoms with Gasteiger partial charge < -0.3 is 0 Å². The van der Waals surface area contributed by atoms with E-state index in [1.807, 2.05) is 0 Å². The van der Waals surface area contributed by atoms with Gasteiger partial charge in [0.2, 0.25) is 0 Å². The van der Waals surface area contributed by atoms with Crippen LogP contribution in [0.2, 0.25) is 10.0 Å². The molecule has 1 fully saturated rings. The third-order valence-corrected chi connectivity index (χ3v) is 4.72. The number of hydrogen-bond acceptors (Lipinski definition) is 1. The Balaban J connectivity index is 2.42. The first-order valence-electron chi connectivity index (χ1n) is 4.04. The van der Waals surface area contributed by atoms with Crippen LogP contribution in [0, 0.1) is 0 Å². The fourth-order valence-electron chi connectivity index (χ4n) is 1.12. The summed E-state index contributed by atoms with van der Waals surface area (Å²) >= 11 is 11.8. The molecule has 1 unspecified atom stereocenters. The van der Waals surface area contributed by atoms with Crippen molar-refractivity contribution in [1.29, 1.82) is 0 Å². The first-order chi connectivity index (χ1) is 6.20. The van der Waals surface area contributed by atoms with Crippen LogP contribution in [0.3, 0.4) is 0 Å². The van der Waals surface area contributed by atoms with Crippen LogP contribution in [-0.4, -0.2) is 9.46 Å². The van der Waals surface area contributed by atoms with Gasteiger partial charge in [-0.15, -0.1) is 0 Å². The lowest BCUT2D eigenvalue weighted by Gasteiger charge is -2.04. The highest BCUT2D eigenvalue weighted by molar-refractivity contribution is 7.86. The van der Waals surface area contributed by atoms with E-state index in [0.29, 0.717) is 14.9 Å². The van der Waals surface area contributed by atoms with E-state index in [9.17, 15) is 4.21 Å². The van der Waals surface area contributed by atoms with Crippen LogP contribution in [0.5, 0.6) is 0 Å². The maximum absolute atomic E-state index is 11.8. The summed E-state index contributed by atoms with van der Waals surface area (Å²) in [6.45, 7) is 0. The zero-order valence-electron chi connectivity index (χ0n) is 6.80. The largest absolute Gasteiger partial charge is 0.254 e. The van der Waals surface area contributed by atoms with Crippen molar-refractivity contribution >= 4 is 34.0 Å². The summed E-state index contributed by atoms with van der Waals surface area (Å²) in [5.41, 5.74) is 0. The molecule has 0 saturated heterocycles. The molecule has 13 heavy (non-hydrogen) atoms. The van der Waals surface area contributed by atoms with Gasteiger partial charge in [-0.2, -0.15) is 0 Å². The summed E-state index contributed by atoms with van der Waals surface area (Å²) in [6.07, 6.45) is 2.04. The second kappa shape index (κ2) is 3.60. The number of benzene rings is 1. The monoisotopic (exact) mass is 234 g/mol. The zero-order valence-corrected chi connectivity index (χ0v) is 9.12. The van der Waals surface area contributed by atoms with Gasteiger partial charge in [0.05, 0.1) is 25.7 Å². The molecule has 1 nitrogen and oxygen atoms in total. The van der Waals surface area contributed by atoms with Crippen LogP contribution in [0.25, 0.3) is 0 Å². The summed E-state index contributed by atoms with van der Waals surface area (Å²) < 4.78 is 11.8. The number of rotatable bonds is 2. The van der Waals surface area contributed by atoms with Crippen molar-refractivity contribution in [3.8, 4) is 0 Å². The Morgan fingerprint density at radius 2 is 1.77 bits per heavy atom. The standard InChI is InChI=1S/C9H8Cl2OS/c10-7-2-1-3-8(11)9(7)13(12)6-4-5-6/h1-3,6H,4-5H2. The van der Waals surface area contributed by atoms with Crippen LogP contribution in [-0.2, 0) is 10.8 Å². The van der Waals surface area contributed by atoms with Gasteiger partial charge >= 0.3 is 0 Å². The average molecular weight is 235 g/mol. The van der Waals surface area contributed by atoms with Gasteiger partial charge in [0.1, 0.15) is 0 Å². The lowest BCUT2D eigenvalue weighted by Crippen LogP contribution is -1.99. The lowest BCUT2D eigenvalue weighted by atomic mass is 10.4. The molecule has 0 heterocycles. The molecule has 0 spiro atoms. The van der Waals surface area contributed by atoms with Crippen LogP contribution in [0.4, 0.5) is 0 Å². The van der Waals surface area contributed by atoms with Gasteiger partial charge in [-0.25, -0.2) is 0 Å². The second-order valence-corrected chi connectivity index (χ2v) is 5.53. The quantitative estimate of drug-likeness (QED) is 0.768. The molecule has 1 aromatic rings. The topological polar surface area (TPSA) is 17.1 Å². The highest BCUT2D eigenvalue weighted by Gasteiger charge is 2.31. The third-order valence-electron chi connectivity index (χ3n) is 1.95. The molecule has 0 aliphatic heterocycles. The molecule has 1 atom stereocenters. The summed E-state index contributed by atoms with van der Waals surface area (Å²) in [7, 11) is -1.01. The molecule has 0 bridgehead atoms. The van der Waals surface area contributed by atoms with Crippen molar-refractivity contribution in [2.75, 3.05) is 0 Å². The molecule has 1 saturated carbocycles. The molecule has 4 heteroatoms. The van der Waals surface area contributed by atoms with Gasteiger partial charge in [-0.1, -0.05) is 29.3 Å². The second-order valence-electron chi connectivity index (χ2n) is 3.05. The SMILES string of the molecule is O=S(c1c(Cl)cccc1Cl)C1CC1. The van der Waals surface area contributed by atoms with E-state index < -0.39 is 10.8 Å². The van der Waals surface area contributed by atoms with Crippen molar-refractivity contribution in [3.63, 3.8) is 0 Å². The fraction of sp³-hybridized carbons (Fsp3) is 0.333. The fourth-order valence-corrected chi connectivity index (χ4v) is 3.40. The first-order valence-corrected chi connectivity index (χ1v) is 6.01. The first kappa shape index (κ1) is 9.50. The van der Waals surface area contributed by atoms with E-state index >= 15 is 0 Å². The van der Waals surface area contributed by atoms with Gasteiger partial charge in [-0.05, 0) is 25.0 Å². The molecule has 1 aromatic carbocycles. The molecule has 1 aliphatic carbocycles. The Kier molecular flexibility index (Phi) is 2.63. The molecule has 0 aromatic heterocycles. The van der Waals surface area contributed by atoms with Crippen molar-refractivity contribution < 1.29 is 4.21 Å². The van der Waals surface area contributed by atoms with Gasteiger partial charge in [-0.3, -0.25) is 4.21 Å². The predicted octanol–water partition coefficient (Wildman–Crippen LogP) is 3.26. The smallest absolute Gasteiger partial charge is 0.0763 e. The summed E-state index contributed by atoms with van der Waals surface area (Å²) in [5.74, 6) is 0. The number of hydrogen-bond donors (Lipinski definition) is 0. The van der Waals surface area contributed by atoms with Crippen LogP contribution >= 0.6 is 23.2 Å². The molecule has 70 valence electrons. The molecular weight excluding hydrogens is 227 g/mol. The Morgan fingerprint density at radius 1 is 1.23 bits per heavy atom. The van der Waals surface area contributed by atoms with E-state index in [0.717, 1.165) is 12.8 Å². The van der Waals surface area contributed by atoms with Crippen LogP contribution in [0.1, 0.15) is 12.8 Å². The minimum Gasteiger partial charge on any atom is -0.254 e. The highest BCUT2D eigenvalue weighted by atomic mass is 35.5. The average Bonchev–Trinajstić information content (AvgIpc) is 2.85. The van der Waals surface area contributed by atoms with E-state index in [-0.39, 0.29) is 5.25 Å². The highest BCUT2D eigenvalue weighted by Crippen LogP contribution is 2.36. The Morgan fingerprint density at radius 3 is 2.23 bits per heavy atom. The molecule has 0 radical (unpaired) electrons. The van der Waals surface area contributed by atoms with Crippen molar-refractivity contribution in [1.82, 2.24) is 0 Å². The van der Waals surface area contributed by atoms with Gasteiger partial charge in [0, 0.05) is 5.25 Å².